The zero-order chi connectivity index (χ0) is 22.2. The van der Waals surface area contributed by atoms with Gasteiger partial charge in [0.05, 0.1) is 22.3 Å². The van der Waals surface area contributed by atoms with E-state index in [0.717, 1.165) is 17.7 Å². The summed E-state index contributed by atoms with van der Waals surface area (Å²) >= 11 is 0. The molecule has 0 aliphatic heterocycles. The number of sulfonamides is 1. The van der Waals surface area contributed by atoms with Gasteiger partial charge in [0, 0.05) is 34.9 Å². The first-order valence-corrected chi connectivity index (χ1v) is 10.9. The number of hydrogen-bond donors (Lipinski definition) is 2. The summed E-state index contributed by atoms with van der Waals surface area (Å²) in [4.78, 5) is -0.500. The van der Waals surface area contributed by atoms with E-state index in [0.29, 0.717) is 22.7 Å². The molecule has 0 bridgehead atoms. The van der Waals surface area contributed by atoms with Gasteiger partial charge in [-0.1, -0.05) is 0 Å². The van der Waals surface area contributed by atoms with Crippen LogP contribution >= 0.6 is 0 Å². The van der Waals surface area contributed by atoms with Crippen molar-refractivity contribution in [1.82, 2.24) is 20.0 Å². The molecule has 10 heteroatoms. The Balaban J connectivity index is 1.62. The molecule has 4 rings (SSSR count). The molecule has 2 aromatic heterocycles. The number of benzene rings is 2. The van der Waals surface area contributed by atoms with E-state index in [4.69, 9.17) is 0 Å². The molecule has 2 heterocycles. The van der Waals surface area contributed by atoms with Gasteiger partial charge < -0.3 is 0 Å². The van der Waals surface area contributed by atoms with Crippen molar-refractivity contribution in [3.8, 4) is 0 Å². The van der Waals surface area contributed by atoms with Crippen LogP contribution in [0.15, 0.2) is 53.7 Å². The minimum atomic E-state index is -4.17. The normalized spacial score (nSPS) is 12.3. The van der Waals surface area contributed by atoms with E-state index in [1.807, 2.05) is 30.8 Å². The molecule has 7 nitrogen and oxygen atoms in total. The Kier molecular flexibility index (Phi) is 5.32. The highest BCUT2D eigenvalue weighted by atomic mass is 32.2. The molecule has 0 amide bonds. The summed E-state index contributed by atoms with van der Waals surface area (Å²) in [6, 6.07) is 7.17. The van der Waals surface area contributed by atoms with Crippen molar-refractivity contribution in [1.29, 1.82) is 0 Å². The van der Waals surface area contributed by atoms with E-state index in [-0.39, 0.29) is 11.7 Å². The van der Waals surface area contributed by atoms with Crippen LogP contribution in [0.4, 0.5) is 14.5 Å². The molecular formula is C21H19F2N5O2S. The number of rotatable bonds is 6. The molecule has 0 aliphatic carbocycles. The van der Waals surface area contributed by atoms with Gasteiger partial charge in [-0.2, -0.15) is 10.2 Å². The maximum Gasteiger partial charge on any atom is 0.262 e. The van der Waals surface area contributed by atoms with Crippen molar-refractivity contribution in [2.24, 2.45) is 0 Å². The Morgan fingerprint density at radius 3 is 2.52 bits per heavy atom. The first-order valence-electron chi connectivity index (χ1n) is 9.40. The van der Waals surface area contributed by atoms with Crippen molar-refractivity contribution < 1.29 is 17.2 Å². The van der Waals surface area contributed by atoms with Gasteiger partial charge in [-0.25, -0.2) is 17.2 Å². The molecule has 0 spiro atoms. The fraction of sp³-hybridized carbons (Fsp3) is 0.143. The number of halogens is 2. The molecule has 4 aromatic rings. The minimum Gasteiger partial charge on any atom is -0.280 e. The fourth-order valence-electron chi connectivity index (χ4n) is 3.02. The van der Waals surface area contributed by atoms with E-state index >= 15 is 0 Å². The van der Waals surface area contributed by atoms with E-state index in [2.05, 4.69) is 20.0 Å². The fourth-order valence-corrected chi connectivity index (χ4v) is 4.11. The van der Waals surface area contributed by atoms with Gasteiger partial charge >= 0.3 is 0 Å². The number of hydrogen-bond acceptors (Lipinski definition) is 4. The van der Waals surface area contributed by atoms with Crippen LogP contribution in [0, 0.1) is 11.6 Å². The van der Waals surface area contributed by atoms with E-state index in [9.17, 15) is 17.2 Å². The van der Waals surface area contributed by atoms with E-state index in [1.54, 1.807) is 24.4 Å². The van der Waals surface area contributed by atoms with Gasteiger partial charge in [0.25, 0.3) is 10.0 Å². The lowest BCUT2D eigenvalue weighted by atomic mass is 10.1. The molecule has 2 N–H and O–H groups in total. The SMILES string of the molecule is CC(C)n1cc(C=Cc2n[nH]c3ccc(NS(=O)(=O)c4cc(F)cc(F)c4)cc23)cn1. The number of aromatic nitrogens is 4. The van der Waals surface area contributed by atoms with Crippen molar-refractivity contribution in [3.05, 3.63) is 71.7 Å². The second-order valence-corrected chi connectivity index (χ2v) is 8.94. The number of aromatic amines is 1. The van der Waals surface area contributed by atoms with Crippen LogP contribution < -0.4 is 4.72 Å². The van der Waals surface area contributed by atoms with Gasteiger partial charge in [-0.3, -0.25) is 14.5 Å². The Bertz CT molecular complexity index is 1370. The van der Waals surface area contributed by atoms with Crippen LogP contribution in [-0.4, -0.2) is 28.4 Å². The molecular weight excluding hydrogens is 424 g/mol. The lowest BCUT2D eigenvalue weighted by Gasteiger charge is -2.08. The highest BCUT2D eigenvalue weighted by Crippen LogP contribution is 2.25. The quantitative estimate of drug-likeness (QED) is 0.456. The van der Waals surface area contributed by atoms with Crippen LogP contribution in [0.1, 0.15) is 31.1 Å². The van der Waals surface area contributed by atoms with Crippen molar-refractivity contribution in [2.75, 3.05) is 4.72 Å². The number of anilines is 1. The van der Waals surface area contributed by atoms with Gasteiger partial charge in [-0.15, -0.1) is 0 Å². The van der Waals surface area contributed by atoms with Crippen LogP contribution in [0.5, 0.6) is 0 Å². The zero-order valence-corrected chi connectivity index (χ0v) is 17.5. The summed E-state index contributed by atoms with van der Waals surface area (Å²) in [6.45, 7) is 4.06. The smallest absolute Gasteiger partial charge is 0.262 e. The zero-order valence-electron chi connectivity index (χ0n) is 16.7. The standard InChI is InChI=1S/C21H19F2N5O2S/c1-13(2)28-12-14(11-24-28)3-5-20-19-10-17(4-6-21(19)26-25-20)27-31(29,30)18-8-15(22)7-16(23)9-18/h3-13,27H,1-2H3,(H,25,26). The molecule has 0 saturated carbocycles. The van der Waals surface area contributed by atoms with Crippen LogP contribution in [0.3, 0.4) is 0 Å². The van der Waals surface area contributed by atoms with Gasteiger partial charge in [0.15, 0.2) is 0 Å². The molecule has 2 aromatic carbocycles. The maximum atomic E-state index is 13.4. The van der Waals surface area contributed by atoms with Gasteiger partial charge in [0.1, 0.15) is 11.6 Å². The summed E-state index contributed by atoms with van der Waals surface area (Å²) < 4.78 is 56.1. The Morgan fingerprint density at radius 1 is 1.10 bits per heavy atom. The predicted octanol–water partition coefficient (Wildman–Crippen LogP) is 4.59. The molecule has 0 saturated heterocycles. The van der Waals surface area contributed by atoms with E-state index in [1.165, 1.54) is 6.07 Å². The first-order chi connectivity index (χ1) is 14.7. The molecule has 0 aliphatic rings. The third kappa shape index (κ3) is 4.48. The van der Waals surface area contributed by atoms with Crippen molar-refractivity contribution in [2.45, 2.75) is 24.8 Å². The van der Waals surface area contributed by atoms with Crippen LogP contribution in [-0.2, 0) is 10.0 Å². The summed E-state index contributed by atoms with van der Waals surface area (Å²) in [5, 5.41) is 12.1. The second-order valence-electron chi connectivity index (χ2n) is 7.26. The third-order valence-corrected chi connectivity index (χ3v) is 5.94. The molecule has 0 atom stereocenters. The lowest BCUT2D eigenvalue weighted by Crippen LogP contribution is -2.13. The Labute approximate surface area is 177 Å². The highest BCUT2D eigenvalue weighted by Gasteiger charge is 2.17. The monoisotopic (exact) mass is 443 g/mol. The van der Waals surface area contributed by atoms with Crippen LogP contribution in [0.25, 0.3) is 23.1 Å². The summed E-state index contributed by atoms with van der Waals surface area (Å²) in [5.41, 5.74) is 2.44. The topological polar surface area (TPSA) is 92.7 Å². The van der Waals surface area contributed by atoms with Gasteiger partial charge in [-0.05, 0) is 56.3 Å². The first kappa shape index (κ1) is 20.7. The largest absolute Gasteiger partial charge is 0.280 e. The predicted molar refractivity (Wildman–Crippen MR) is 115 cm³/mol. The van der Waals surface area contributed by atoms with Crippen molar-refractivity contribution >= 4 is 38.8 Å². The average molecular weight is 443 g/mol. The third-order valence-electron chi connectivity index (χ3n) is 4.58. The number of nitrogens with one attached hydrogen (secondary N) is 2. The highest BCUT2D eigenvalue weighted by molar-refractivity contribution is 7.92. The molecule has 0 radical (unpaired) electrons. The van der Waals surface area contributed by atoms with Gasteiger partial charge in [0.2, 0.25) is 0 Å². The number of H-pyrrole nitrogens is 1. The summed E-state index contributed by atoms with van der Waals surface area (Å²) in [6.07, 6.45) is 7.30. The lowest BCUT2D eigenvalue weighted by molar-refractivity contribution is 0.532. The summed E-state index contributed by atoms with van der Waals surface area (Å²) in [5.74, 6) is -1.95. The van der Waals surface area contributed by atoms with Crippen molar-refractivity contribution in [3.63, 3.8) is 0 Å². The summed E-state index contributed by atoms with van der Waals surface area (Å²) in [7, 11) is -4.17. The Morgan fingerprint density at radius 2 is 1.84 bits per heavy atom. The molecule has 31 heavy (non-hydrogen) atoms. The van der Waals surface area contributed by atoms with E-state index < -0.39 is 26.6 Å². The molecule has 0 unspecified atom stereocenters. The van der Waals surface area contributed by atoms with Crippen LogP contribution in [0.2, 0.25) is 0 Å². The molecule has 0 fully saturated rings. The minimum absolute atomic E-state index is 0.237. The second kappa shape index (κ2) is 7.95. The number of nitrogens with zero attached hydrogens (tertiary/aromatic N) is 3. The average Bonchev–Trinajstić information content (AvgIpc) is 3.32. The number of fused-ring (bicyclic) bond motifs is 1. The molecule has 160 valence electrons. The maximum absolute atomic E-state index is 13.4. The Hall–Kier alpha value is -3.53.